The van der Waals surface area contributed by atoms with E-state index in [0.29, 0.717) is 11.5 Å². The van der Waals surface area contributed by atoms with Crippen molar-refractivity contribution in [3.05, 3.63) is 34.2 Å². The summed E-state index contributed by atoms with van der Waals surface area (Å²) in [6.45, 7) is 1.95. The average Bonchev–Trinajstić information content (AvgIpc) is 2.36. The minimum atomic E-state index is -0.0412. The summed E-state index contributed by atoms with van der Waals surface area (Å²) in [6.07, 6.45) is 0. The van der Waals surface area contributed by atoms with Crippen LogP contribution in [0.5, 0.6) is 17.4 Å². The molecule has 0 radical (unpaired) electrons. The number of hydrogen-bond donors (Lipinski definition) is 0. The number of aryl methyl sites for hydroxylation is 1. The predicted octanol–water partition coefficient (Wildman–Crippen LogP) is 3.29. The predicted molar refractivity (Wildman–Crippen MR) is 67.7 cm³/mol. The molecular weight excluding hydrogens is 277 g/mol. The quantitative estimate of drug-likeness (QED) is 0.866. The van der Waals surface area contributed by atoms with Crippen LogP contribution in [-0.2, 0) is 0 Å². The highest BCUT2D eigenvalue weighted by molar-refractivity contribution is 6.31. The van der Waals surface area contributed by atoms with Crippen molar-refractivity contribution in [1.82, 2.24) is 15.2 Å². The van der Waals surface area contributed by atoms with Gasteiger partial charge in [-0.3, -0.25) is 0 Å². The maximum absolute atomic E-state index is 5.81. The van der Waals surface area contributed by atoms with E-state index >= 15 is 0 Å². The van der Waals surface area contributed by atoms with E-state index in [-0.39, 0.29) is 16.3 Å². The van der Waals surface area contributed by atoms with Crippen LogP contribution in [0.4, 0.5) is 0 Å². The Bertz CT molecular complexity index is 578. The smallest absolute Gasteiger partial charge is 0.262 e. The van der Waals surface area contributed by atoms with Gasteiger partial charge in [0.15, 0.2) is 11.5 Å². The van der Waals surface area contributed by atoms with E-state index in [9.17, 15) is 0 Å². The summed E-state index contributed by atoms with van der Waals surface area (Å²) >= 11 is 11.4. The topological polar surface area (TPSA) is 57.1 Å². The first-order valence-electron chi connectivity index (χ1n) is 4.98. The minimum Gasteiger partial charge on any atom is -0.493 e. The molecule has 0 aliphatic rings. The van der Waals surface area contributed by atoms with Crippen LogP contribution in [0, 0.1) is 6.92 Å². The molecule has 0 bridgehead atoms. The van der Waals surface area contributed by atoms with E-state index in [0.717, 1.165) is 5.56 Å². The van der Waals surface area contributed by atoms with Crippen molar-refractivity contribution in [3.8, 4) is 17.4 Å². The maximum Gasteiger partial charge on any atom is 0.262 e. The van der Waals surface area contributed by atoms with E-state index in [1.165, 1.54) is 0 Å². The van der Waals surface area contributed by atoms with Gasteiger partial charge in [-0.2, -0.15) is 4.98 Å². The molecule has 0 amide bonds. The normalized spacial score (nSPS) is 10.2. The van der Waals surface area contributed by atoms with E-state index in [1.54, 1.807) is 13.2 Å². The summed E-state index contributed by atoms with van der Waals surface area (Å²) in [5.41, 5.74) is 1.05. The standard InChI is InChI=1S/C11H9Cl2N3O2/c1-6-3-4-7(8(5-6)17-2)18-10-9(12)15-16-11(13)14-10/h3-5H,1-2H3. The van der Waals surface area contributed by atoms with Crippen molar-refractivity contribution in [2.24, 2.45) is 0 Å². The summed E-state index contributed by atoms with van der Waals surface area (Å²) in [5, 5.41) is 7.09. The number of methoxy groups -OCH3 is 1. The number of hydrogen-bond acceptors (Lipinski definition) is 5. The van der Waals surface area contributed by atoms with Crippen molar-refractivity contribution in [1.29, 1.82) is 0 Å². The lowest BCUT2D eigenvalue weighted by Gasteiger charge is -2.10. The highest BCUT2D eigenvalue weighted by Crippen LogP contribution is 2.33. The first-order valence-corrected chi connectivity index (χ1v) is 5.74. The lowest BCUT2D eigenvalue weighted by Crippen LogP contribution is -1.96. The Morgan fingerprint density at radius 2 is 1.89 bits per heavy atom. The van der Waals surface area contributed by atoms with Crippen LogP contribution >= 0.6 is 23.2 Å². The van der Waals surface area contributed by atoms with Gasteiger partial charge in [0.2, 0.25) is 10.4 Å². The van der Waals surface area contributed by atoms with E-state index in [2.05, 4.69) is 15.2 Å². The summed E-state index contributed by atoms with van der Waals surface area (Å²) in [4.78, 5) is 3.85. The average molecular weight is 286 g/mol. The first kappa shape index (κ1) is 12.9. The number of ether oxygens (including phenoxy) is 2. The van der Waals surface area contributed by atoms with Crippen LogP contribution in [0.3, 0.4) is 0 Å². The number of aromatic nitrogens is 3. The molecule has 0 saturated heterocycles. The first-order chi connectivity index (χ1) is 8.60. The van der Waals surface area contributed by atoms with Gasteiger partial charge in [-0.15, -0.1) is 10.2 Å². The maximum atomic E-state index is 5.81. The molecule has 18 heavy (non-hydrogen) atoms. The number of nitrogens with zero attached hydrogens (tertiary/aromatic N) is 3. The van der Waals surface area contributed by atoms with Crippen LogP contribution in [0.25, 0.3) is 0 Å². The van der Waals surface area contributed by atoms with Crippen LogP contribution in [-0.4, -0.2) is 22.3 Å². The van der Waals surface area contributed by atoms with Gasteiger partial charge < -0.3 is 9.47 Å². The van der Waals surface area contributed by atoms with Gasteiger partial charge in [0.05, 0.1) is 7.11 Å². The zero-order chi connectivity index (χ0) is 13.1. The van der Waals surface area contributed by atoms with Gasteiger partial charge in [-0.05, 0) is 36.2 Å². The molecule has 0 aliphatic heterocycles. The Kier molecular flexibility index (Phi) is 3.84. The van der Waals surface area contributed by atoms with E-state index in [1.807, 2.05) is 19.1 Å². The molecule has 2 rings (SSSR count). The van der Waals surface area contributed by atoms with Crippen LogP contribution in [0.1, 0.15) is 5.56 Å². The van der Waals surface area contributed by atoms with E-state index in [4.69, 9.17) is 32.7 Å². The summed E-state index contributed by atoms with van der Waals surface area (Å²) < 4.78 is 10.7. The fourth-order valence-corrected chi connectivity index (χ4v) is 1.54. The van der Waals surface area contributed by atoms with Crippen LogP contribution in [0.15, 0.2) is 18.2 Å². The molecule has 1 heterocycles. The van der Waals surface area contributed by atoms with Gasteiger partial charge in [-0.1, -0.05) is 17.7 Å². The summed E-state index contributed by atoms with van der Waals surface area (Å²) in [5.74, 6) is 1.13. The van der Waals surface area contributed by atoms with Crippen molar-refractivity contribution in [2.75, 3.05) is 7.11 Å². The SMILES string of the molecule is COc1cc(C)ccc1Oc1nc(Cl)nnc1Cl. The van der Waals surface area contributed by atoms with Crippen molar-refractivity contribution >= 4 is 23.2 Å². The zero-order valence-corrected chi connectivity index (χ0v) is 11.2. The zero-order valence-electron chi connectivity index (χ0n) is 9.65. The molecule has 0 fully saturated rings. The molecule has 7 heteroatoms. The molecule has 5 nitrogen and oxygen atoms in total. The molecule has 0 atom stereocenters. The Labute approximate surface area is 114 Å². The Hall–Kier alpha value is -1.59. The van der Waals surface area contributed by atoms with E-state index < -0.39 is 0 Å². The van der Waals surface area contributed by atoms with Gasteiger partial charge in [0, 0.05) is 0 Å². The Morgan fingerprint density at radius 1 is 1.11 bits per heavy atom. The number of rotatable bonds is 3. The molecule has 0 saturated carbocycles. The van der Waals surface area contributed by atoms with Crippen molar-refractivity contribution < 1.29 is 9.47 Å². The molecule has 1 aromatic carbocycles. The van der Waals surface area contributed by atoms with Gasteiger partial charge in [0.1, 0.15) is 0 Å². The molecule has 0 aliphatic carbocycles. The largest absolute Gasteiger partial charge is 0.493 e. The third-order valence-electron chi connectivity index (χ3n) is 2.12. The molecule has 0 unspecified atom stereocenters. The summed E-state index contributed by atoms with van der Waals surface area (Å²) in [6, 6.07) is 5.46. The molecule has 0 N–H and O–H groups in total. The Morgan fingerprint density at radius 3 is 2.61 bits per heavy atom. The third-order valence-corrected chi connectivity index (χ3v) is 2.51. The van der Waals surface area contributed by atoms with Gasteiger partial charge in [0.25, 0.3) is 5.88 Å². The number of halogens is 2. The molecule has 1 aromatic heterocycles. The lowest BCUT2D eigenvalue weighted by molar-refractivity contribution is 0.372. The fourth-order valence-electron chi connectivity index (χ4n) is 1.31. The van der Waals surface area contributed by atoms with Crippen molar-refractivity contribution in [2.45, 2.75) is 6.92 Å². The highest BCUT2D eigenvalue weighted by atomic mass is 35.5. The minimum absolute atomic E-state index is 0.0297. The monoisotopic (exact) mass is 285 g/mol. The lowest BCUT2D eigenvalue weighted by atomic mass is 10.2. The van der Waals surface area contributed by atoms with Crippen LogP contribution in [0.2, 0.25) is 10.4 Å². The molecule has 2 aromatic rings. The molecular formula is C11H9Cl2N3O2. The second kappa shape index (κ2) is 5.37. The second-order valence-corrected chi connectivity index (χ2v) is 4.13. The summed E-state index contributed by atoms with van der Waals surface area (Å²) in [7, 11) is 1.55. The number of benzene rings is 1. The second-order valence-electron chi connectivity index (χ2n) is 3.43. The van der Waals surface area contributed by atoms with Crippen molar-refractivity contribution in [3.63, 3.8) is 0 Å². The van der Waals surface area contributed by atoms with Gasteiger partial charge in [-0.25, -0.2) is 0 Å². The highest BCUT2D eigenvalue weighted by Gasteiger charge is 2.12. The Balaban J connectivity index is 2.36. The van der Waals surface area contributed by atoms with Crippen LogP contribution < -0.4 is 9.47 Å². The fraction of sp³-hybridized carbons (Fsp3) is 0.182. The molecule has 0 spiro atoms. The molecule has 94 valence electrons. The van der Waals surface area contributed by atoms with Gasteiger partial charge >= 0.3 is 0 Å². The third kappa shape index (κ3) is 2.80.